The minimum absolute atomic E-state index is 0.104. The van der Waals surface area contributed by atoms with Crippen molar-refractivity contribution in [2.75, 3.05) is 0 Å². The van der Waals surface area contributed by atoms with Gasteiger partial charge >= 0.3 is 0 Å². The second-order valence-electron chi connectivity index (χ2n) is 4.85. The molecule has 2 aromatic carbocycles. The third kappa shape index (κ3) is 4.06. The first kappa shape index (κ1) is 16.0. The molecule has 0 bridgehead atoms. The maximum atomic E-state index is 11.4. The molecule has 112 valence electrons. The second-order valence-corrected chi connectivity index (χ2v) is 7.33. The summed E-state index contributed by atoms with van der Waals surface area (Å²) in [4.78, 5) is 0.104. The third-order valence-electron chi connectivity index (χ3n) is 3.03. The molecule has 0 aliphatic rings. The summed E-state index contributed by atoms with van der Waals surface area (Å²) < 4.78 is 29.6. The van der Waals surface area contributed by atoms with Crippen LogP contribution >= 0.6 is 15.9 Å². The molecule has 0 saturated carbocycles. The van der Waals surface area contributed by atoms with Gasteiger partial charge in [0, 0.05) is 4.47 Å². The van der Waals surface area contributed by atoms with Crippen LogP contribution in [0.15, 0.2) is 45.8 Å². The van der Waals surface area contributed by atoms with E-state index in [0.717, 1.165) is 21.2 Å². The number of sulfonamides is 1. The monoisotopic (exact) mass is 369 g/mol. The Balaban J connectivity index is 2.25. The van der Waals surface area contributed by atoms with Crippen LogP contribution < -0.4 is 9.88 Å². The Labute approximate surface area is 133 Å². The Bertz CT molecular complexity index is 749. The van der Waals surface area contributed by atoms with E-state index < -0.39 is 10.0 Å². The van der Waals surface area contributed by atoms with Gasteiger partial charge in [0.25, 0.3) is 0 Å². The van der Waals surface area contributed by atoms with Gasteiger partial charge in [0.05, 0.1) is 4.90 Å². The molecule has 2 N–H and O–H groups in total. The van der Waals surface area contributed by atoms with Crippen molar-refractivity contribution in [2.45, 2.75) is 25.3 Å². The van der Waals surface area contributed by atoms with E-state index in [1.54, 1.807) is 13.8 Å². The molecule has 4 nitrogen and oxygen atoms in total. The quantitative estimate of drug-likeness (QED) is 0.898. The van der Waals surface area contributed by atoms with Crippen molar-refractivity contribution in [3.63, 3.8) is 0 Å². The van der Waals surface area contributed by atoms with E-state index in [-0.39, 0.29) is 4.90 Å². The van der Waals surface area contributed by atoms with Crippen molar-refractivity contribution < 1.29 is 13.2 Å². The molecule has 2 rings (SSSR count). The number of aryl methyl sites for hydroxylation is 2. The van der Waals surface area contributed by atoms with Crippen LogP contribution in [0, 0.1) is 13.8 Å². The Morgan fingerprint density at radius 3 is 2.29 bits per heavy atom. The highest BCUT2D eigenvalue weighted by atomic mass is 79.9. The molecule has 0 aliphatic carbocycles. The lowest BCUT2D eigenvalue weighted by Crippen LogP contribution is -2.13. The zero-order valence-corrected chi connectivity index (χ0v) is 14.2. The van der Waals surface area contributed by atoms with E-state index in [1.165, 1.54) is 12.1 Å². The first-order chi connectivity index (χ1) is 9.77. The van der Waals surface area contributed by atoms with E-state index >= 15 is 0 Å². The van der Waals surface area contributed by atoms with Gasteiger partial charge in [-0.2, -0.15) is 0 Å². The second kappa shape index (κ2) is 6.17. The summed E-state index contributed by atoms with van der Waals surface area (Å²) in [6, 6.07) is 10.9. The van der Waals surface area contributed by atoms with E-state index in [0.29, 0.717) is 12.4 Å². The maximum Gasteiger partial charge on any atom is 0.238 e. The Kier molecular flexibility index (Phi) is 4.70. The van der Waals surface area contributed by atoms with Crippen molar-refractivity contribution >= 4 is 26.0 Å². The average Bonchev–Trinajstić information content (AvgIpc) is 2.36. The largest absolute Gasteiger partial charge is 0.488 e. The van der Waals surface area contributed by atoms with Crippen LogP contribution in [0.3, 0.4) is 0 Å². The van der Waals surface area contributed by atoms with Crippen LogP contribution in [0.1, 0.15) is 16.7 Å². The number of nitrogens with two attached hydrogens (primary N) is 1. The van der Waals surface area contributed by atoms with Gasteiger partial charge in [-0.15, -0.1) is 0 Å². The van der Waals surface area contributed by atoms with Crippen LogP contribution in [0.4, 0.5) is 0 Å². The summed E-state index contributed by atoms with van der Waals surface area (Å²) in [5.41, 5.74) is 2.52. The fraction of sp³-hybridized carbons (Fsp3) is 0.200. The topological polar surface area (TPSA) is 69.4 Å². The highest BCUT2D eigenvalue weighted by molar-refractivity contribution is 9.10. The predicted octanol–water partition coefficient (Wildman–Crippen LogP) is 3.29. The Hall–Kier alpha value is -1.37. The fourth-order valence-corrected chi connectivity index (χ4v) is 3.21. The van der Waals surface area contributed by atoms with E-state index in [4.69, 9.17) is 9.88 Å². The smallest absolute Gasteiger partial charge is 0.238 e. The lowest BCUT2D eigenvalue weighted by molar-refractivity contribution is 0.301. The zero-order chi connectivity index (χ0) is 15.6. The summed E-state index contributed by atoms with van der Waals surface area (Å²) in [7, 11) is -3.70. The average molecular weight is 370 g/mol. The zero-order valence-electron chi connectivity index (χ0n) is 11.8. The third-order valence-corrected chi connectivity index (χ3v) is 4.42. The number of rotatable bonds is 4. The molecule has 6 heteroatoms. The van der Waals surface area contributed by atoms with Gasteiger partial charge in [0.2, 0.25) is 10.0 Å². The highest BCUT2D eigenvalue weighted by Crippen LogP contribution is 2.27. The van der Waals surface area contributed by atoms with E-state index in [1.807, 2.05) is 24.3 Å². The molecule has 2 aromatic rings. The normalized spacial score (nSPS) is 11.4. The van der Waals surface area contributed by atoms with Crippen molar-refractivity contribution in [1.29, 1.82) is 0 Å². The van der Waals surface area contributed by atoms with Crippen LogP contribution in [-0.2, 0) is 16.6 Å². The van der Waals surface area contributed by atoms with Crippen LogP contribution in [0.25, 0.3) is 0 Å². The summed E-state index contributed by atoms with van der Waals surface area (Å²) in [6.45, 7) is 4.02. The summed E-state index contributed by atoms with van der Waals surface area (Å²) >= 11 is 3.41. The maximum absolute atomic E-state index is 11.4. The highest BCUT2D eigenvalue weighted by Gasteiger charge is 2.13. The van der Waals surface area contributed by atoms with Crippen molar-refractivity contribution in [3.05, 3.63) is 57.6 Å². The molecule has 0 spiro atoms. The minimum atomic E-state index is -3.70. The molecule has 0 aliphatic heterocycles. The van der Waals surface area contributed by atoms with Gasteiger partial charge in [-0.05, 0) is 54.8 Å². The number of ether oxygens (including phenoxy) is 1. The van der Waals surface area contributed by atoms with E-state index in [9.17, 15) is 8.42 Å². The molecular formula is C15H16BrNO3S. The standard InChI is InChI=1S/C15H16BrNO3S/c1-10-6-14(21(17,18)19)7-11(2)15(10)20-9-12-4-3-5-13(16)8-12/h3-8H,9H2,1-2H3,(H2,17,18,19). The molecule has 0 atom stereocenters. The molecule has 0 amide bonds. The predicted molar refractivity (Wildman–Crippen MR) is 85.8 cm³/mol. The van der Waals surface area contributed by atoms with Crippen LogP contribution in [-0.4, -0.2) is 8.42 Å². The molecule has 0 heterocycles. The van der Waals surface area contributed by atoms with Gasteiger partial charge in [-0.3, -0.25) is 0 Å². The molecule has 0 unspecified atom stereocenters. The first-order valence-electron chi connectivity index (χ1n) is 6.28. The van der Waals surface area contributed by atoms with Crippen molar-refractivity contribution in [1.82, 2.24) is 0 Å². The Morgan fingerprint density at radius 2 is 1.76 bits per heavy atom. The van der Waals surface area contributed by atoms with Crippen molar-refractivity contribution in [2.24, 2.45) is 5.14 Å². The van der Waals surface area contributed by atoms with Gasteiger partial charge in [-0.1, -0.05) is 28.1 Å². The Morgan fingerprint density at radius 1 is 1.14 bits per heavy atom. The fourth-order valence-electron chi connectivity index (χ4n) is 2.08. The molecule has 0 fully saturated rings. The lowest BCUT2D eigenvalue weighted by atomic mass is 10.1. The molecule has 0 aromatic heterocycles. The number of benzene rings is 2. The molecule has 21 heavy (non-hydrogen) atoms. The number of primary sulfonamides is 1. The molecular weight excluding hydrogens is 354 g/mol. The molecule has 0 saturated heterocycles. The molecule has 0 radical (unpaired) electrons. The summed E-state index contributed by atoms with van der Waals surface area (Å²) in [5, 5.41) is 5.15. The first-order valence-corrected chi connectivity index (χ1v) is 8.62. The number of halogens is 1. The van der Waals surface area contributed by atoms with Gasteiger partial charge in [0.1, 0.15) is 12.4 Å². The van der Waals surface area contributed by atoms with Crippen LogP contribution in [0.2, 0.25) is 0 Å². The van der Waals surface area contributed by atoms with Crippen LogP contribution in [0.5, 0.6) is 5.75 Å². The van der Waals surface area contributed by atoms with Crippen molar-refractivity contribution in [3.8, 4) is 5.75 Å². The number of hydrogen-bond acceptors (Lipinski definition) is 3. The summed E-state index contributed by atoms with van der Waals surface area (Å²) in [6.07, 6.45) is 0. The van der Waals surface area contributed by atoms with E-state index in [2.05, 4.69) is 15.9 Å². The SMILES string of the molecule is Cc1cc(S(N)(=O)=O)cc(C)c1OCc1cccc(Br)c1. The van der Waals surface area contributed by atoms with Gasteiger partial charge < -0.3 is 4.74 Å². The lowest BCUT2D eigenvalue weighted by Gasteiger charge is -2.13. The summed E-state index contributed by atoms with van der Waals surface area (Å²) in [5.74, 6) is 0.683. The minimum Gasteiger partial charge on any atom is -0.488 e. The number of hydrogen-bond donors (Lipinski definition) is 1. The van der Waals surface area contributed by atoms with Gasteiger partial charge in [0.15, 0.2) is 0 Å². The van der Waals surface area contributed by atoms with Gasteiger partial charge in [-0.25, -0.2) is 13.6 Å².